The lowest BCUT2D eigenvalue weighted by molar-refractivity contribution is -0.155. The lowest BCUT2D eigenvalue weighted by atomic mass is 9.47. The van der Waals surface area contributed by atoms with Crippen LogP contribution < -0.4 is 0 Å². The molecule has 0 N–H and O–H groups in total. The molecule has 4 aliphatic carbocycles. The van der Waals surface area contributed by atoms with E-state index in [0.717, 1.165) is 43.4 Å². The van der Waals surface area contributed by atoms with Gasteiger partial charge in [0, 0.05) is 6.42 Å². The fraction of sp³-hybridized carbons (Fsp3) is 0.854. The third-order valence-corrected chi connectivity index (χ3v) is 15.0. The number of unbranched alkanes of at least 4 members (excludes halogenated alkanes) is 15. The molecule has 9 atom stereocenters. The highest BCUT2D eigenvalue weighted by Gasteiger charge is 2.58. The zero-order chi connectivity index (χ0) is 36.0. The standard InChI is InChI=1S/C48H82O2/c1-8-10-11-12-13-14-15-16-17-18-19-20-21-22-23-24-25-46(49)50-41-32-34-47(6)40(36-41)28-29-42-44-31-30-43(48(44,7)35-33-45(42)47)38(5)26-27-39(9-2)37(3)4/h26-27,29,38-41,43-45H,3,8-25,28,30-36H2,1-2,4-7H3/b27-26+/t38-,39-,40-,41+,43-,44-,45+,47+,48-/m1/s1. The summed E-state index contributed by atoms with van der Waals surface area (Å²) in [6.45, 7) is 18.8. The quantitative estimate of drug-likeness (QED) is 0.0606. The molecule has 0 spiro atoms. The van der Waals surface area contributed by atoms with Crippen LogP contribution in [0, 0.1) is 46.3 Å². The van der Waals surface area contributed by atoms with Crippen LogP contribution in [-0.2, 0) is 9.53 Å². The number of hydrogen-bond donors (Lipinski definition) is 0. The lowest BCUT2D eigenvalue weighted by Crippen LogP contribution is -2.50. The van der Waals surface area contributed by atoms with Crippen LogP contribution in [0.1, 0.15) is 208 Å². The first-order valence-corrected chi connectivity index (χ1v) is 22.4. The molecule has 0 aliphatic heterocycles. The predicted molar refractivity (Wildman–Crippen MR) is 216 cm³/mol. The molecule has 0 amide bonds. The average molecular weight is 691 g/mol. The molecule has 0 aromatic carbocycles. The zero-order valence-electron chi connectivity index (χ0n) is 34.2. The van der Waals surface area contributed by atoms with Gasteiger partial charge in [-0.15, -0.1) is 0 Å². The number of carbonyl (C=O) groups excluding carboxylic acids is 1. The summed E-state index contributed by atoms with van der Waals surface area (Å²) in [5, 5.41) is 0. The summed E-state index contributed by atoms with van der Waals surface area (Å²) in [7, 11) is 0. The first-order chi connectivity index (χ1) is 24.1. The van der Waals surface area contributed by atoms with Crippen LogP contribution in [0.4, 0.5) is 0 Å². The average Bonchev–Trinajstić information content (AvgIpc) is 3.45. The van der Waals surface area contributed by atoms with E-state index in [1.807, 2.05) is 5.57 Å². The summed E-state index contributed by atoms with van der Waals surface area (Å²) in [5.41, 5.74) is 3.94. The molecule has 50 heavy (non-hydrogen) atoms. The normalized spacial score (nSPS) is 31.8. The van der Waals surface area contributed by atoms with Gasteiger partial charge in [0.15, 0.2) is 0 Å². The Balaban J connectivity index is 1.11. The fourth-order valence-corrected chi connectivity index (χ4v) is 11.6. The first kappa shape index (κ1) is 41.4. The molecule has 0 radical (unpaired) electrons. The molecule has 2 nitrogen and oxygen atoms in total. The minimum atomic E-state index is 0.0677. The van der Waals surface area contributed by atoms with Crippen molar-refractivity contribution in [1.29, 1.82) is 0 Å². The number of fused-ring (bicyclic) bond motifs is 5. The van der Waals surface area contributed by atoms with Gasteiger partial charge in [-0.1, -0.05) is 167 Å². The highest BCUT2D eigenvalue weighted by molar-refractivity contribution is 5.69. The van der Waals surface area contributed by atoms with Gasteiger partial charge in [-0.05, 0) is 117 Å². The fourth-order valence-electron chi connectivity index (χ4n) is 11.6. The van der Waals surface area contributed by atoms with Crippen LogP contribution in [0.15, 0.2) is 36.0 Å². The van der Waals surface area contributed by atoms with Gasteiger partial charge in [0.1, 0.15) is 6.10 Å². The minimum Gasteiger partial charge on any atom is -0.462 e. The number of allylic oxidation sites excluding steroid dienone is 5. The van der Waals surface area contributed by atoms with Gasteiger partial charge in [-0.25, -0.2) is 0 Å². The van der Waals surface area contributed by atoms with Crippen LogP contribution in [0.25, 0.3) is 0 Å². The Morgan fingerprint density at radius 3 is 1.94 bits per heavy atom. The predicted octanol–water partition coefficient (Wildman–Crippen LogP) is 14.9. The number of esters is 1. The largest absolute Gasteiger partial charge is 0.462 e. The molecule has 0 saturated heterocycles. The van der Waals surface area contributed by atoms with Gasteiger partial charge in [0.05, 0.1) is 0 Å². The summed E-state index contributed by atoms with van der Waals surface area (Å²) in [6, 6.07) is 0. The molecule has 2 heteroatoms. The molecule has 286 valence electrons. The second-order valence-corrected chi connectivity index (χ2v) is 18.5. The number of rotatable bonds is 23. The number of carbonyl (C=O) groups is 1. The monoisotopic (exact) mass is 691 g/mol. The van der Waals surface area contributed by atoms with E-state index in [0.29, 0.717) is 35.0 Å². The van der Waals surface area contributed by atoms with E-state index in [1.54, 1.807) is 0 Å². The van der Waals surface area contributed by atoms with Crippen LogP contribution >= 0.6 is 0 Å². The molecule has 4 aliphatic rings. The summed E-state index contributed by atoms with van der Waals surface area (Å²) < 4.78 is 6.16. The SMILES string of the molecule is C=C(C)[C@@H](/C=C/[C@@H](C)[C@H]1CC[C@@H]2C3=CC[C@@H]4C[C@@H](OC(=O)CCCCCCCCCCCCCCCCCC)CC[C@]4(C)[C@H]3CC[C@@]21C)CC. The molecular formula is C48H82O2. The van der Waals surface area contributed by atoms with Crippen LogP contribution in [-0.4, -0.2) is 12.1 Å². The van der Waals surface area contributed by atoms with Crippen LogP contribution in [0.5, 0.6) is 0 Å². The van der Waals surface area contributed by atoms with E-state index in [1.165, 1.54) is 140 Å². The summed E-state index contributed by atoms with van der Waals surface area (Å²) in [5.74, 6) is 4.16. The molecule has 0 aromatic heterocycles. The van der Waals surface area contributed by atoms with Gasteiger partial charge in [-0.3, -0.25) is 4.79 Å². The minimum absolute atomic E-state index is 0.0677. The maximum Gasteiger partial charge on any atom is 0.306 e. The molecule has 4 rings (SSSR count). The van der Waals surface area contributed by atoms with Gasteiger partial charge in [-0.2, -0.15) is 0 Å². The van der Waals surface area contributed by atoms with Crippen LogP contribution in [0.3, 0.4) is 0 Å². The number of ether oxygens (including phenoxy) is 1. The summed E-state index contributed by atoms with van der Waals surface area (Å²) >= 11 is 0. The van der Waals surface area contributed by atoms with Gasteiger partial charge >= 0.3 is 5.97 Å². The van der Waals surface area contributed by atoms with Crippen molar-refractivity contribution in [3.05, 3.63) is 36.0 Å². The highest BCUT2D eigenvalue weighted by Crippen LogP contribution is 2.67. The molecule has 0 heterocycles. The maximum atomic E-state index is 12.9. The van der Waals surface area contributed by atoms with E-state index < -0.39 is 0 Å². The Hall–Kier alpha value is -1.31. The molecule has 0 bridgehead atoms. The Bertz CT molecular complexity index is 1080. The first-order valence-electron chi connectivity index (χ1n) is 22.4. The Morgan fingerprint density at radius 1 is 0.800 bits per heavy atom. The topological polar surface area (TPSA) is 26.3 Å². The van der Waals surface area contributed by atoms with Crippen molar-refractivity contribution >= 4 is 5.97 Å². The Kier molecular flexibility index (Phi) is 17.2. The second kappa shape index (κ2) is 20.8. The van der Waals surface area contributed by atoms with Gasteiger partial charge in [0.2, 0.25) is 0 Å². The third-order valence-electron chi connectivity index (χ3n) is 15.0. The Morgan fingerprint density at radius 2 is 1.36 bits per heavy atom. The lowest BCUT2D eigenvalue weighted by Gasteiger charge is -2.58. The zero-order valence-corrected chi connectivity index (χ0v) is 34.2. The number of hydrogen-bond acceptors (Lipinski definition) is 2. The molecule has 0 aromatic rings. The van der Waals surface area contributed by atoms with Crippen molar-refractivity contribution in [2.24, 2.45) is 46.3 Å². The summed E-state index contributed by atoms with van der Waals surface area (Å²) in [4.78, 5) is 12.9. The molecule has 3 saturated carbocycles. The van der Waals surface area contributed by atoms with E-state index in [4.69, 9.17) is 4.74 Å². The van der Waals surface area contributed by atoms with Crippen molar-refractivity contribution in [2.45, 2.75) is 215 Å². The van der Waals surface area contributed by atoms with E-state index >= 15 is 0 Å². The summed E-state index contributed by atoms with van der Waals surface area (Å²) in [6.07, 6.45) is 41.5. The van der Waals surface area contributed by atoms with E-state index in [9.17, 15) is 4.79 Å². The third kappa shape index (κ3) is 11.1. The molecular weight excluding hydrogens is 609 g/mol. The molecule has 3 fully saturated rings. The maximum absolute atomic E-state index is 12.9. The van der Waals surface area contributed by atoms with Crippen molar-refractivity contribution < 1.29 is 9.53 Å². The second-order valence-electron chi connectivity index (χ2n) is 18.5. The van der Waals surface area contributed by atoms with E-state index in [-0.39, 0.29) is 12.1 Å². The van der Waals surface area contributed by atoms with Gasteiger partial charge < -0.3 is 4.74 Å². The van der Waals surface area contributed by atoms with Crippen molar-refractivity contribution in [1.82, 2.24) is 0 Å². The van der Waals surface area contributed by atoms with Crippen LogP contribution in [0.2, 0.25) is 0 Å². The smallest absolute Gasteiger partial charge is 0.306 e. The Labute approximate surface area is 311 Å². The van der Waals surface area contributed by atoms with Crippen molar-refractivity contribution in [3.8, 4) is 0 Å². The van der Waals surface area contributed by atoms with Crippen molar-refractivity contribution in [3.63, 3.8) is 0 Å². The highest BCUT2D eigenvalue weighted by atomic mass is 16.5. The van der Waals surface area contributed by atoms with Gasteiger partial charge in [0.25, 0.3) is 0 Å². The molecule has 0 unspecified atom stereocenters. The van der Waals surface area contributed by atoms with E-state index in [2.05, 4.69) is 66.3 Å². The van der Waals surface area contributed by atoms with Crippen molar-refractivity contribution in [2.75, 3.05) is 0 Å².